The third kappa shape index (κ3) is 4.64. The molecular formula is C19H25N7O2. The van der Waals surface area contributed by atoms with Crippen LogP contribution < -0.4 is 0 Å². The van der Waals surface area contributed by atoms with Crippen LogP contribution in [0.25, 0.3) is 4.85 Å². The average molecular weight is 383 g/mol. The molecular weight excluding hydrogens is 358 g/mol. The highest BCUT2D eigenvalue weighted by molar-refractivity contribution is 5.68. The van der Waals surface area contributed by atoms with Gasteiger partial charge in [0.1, 0.15) is 5.60 Å². The molecule has 9 nitrogen and oxygen atoms in total. The second kappa shape index (κ2) is 7.94. The van der Waals surface area contributed by atoms with E-state index in [4.69, 9.17) is 11.3 Å². The Morgan fingerprint density at radius 2 is 1.82 bits per heavy atom. The molecule has 1 aliphatic rings. The van der Waals surface area contributed by atoms with E-state index >= 15 is 0 Å². The van der Waals surface area contributed by atoms with Crippen LogP contribution in [0.15, 0.2) is 24.3 Å². The van der Waals surface area contributed by atoms with Gasteiger partial charge in [0.05, 0.1) is 19.7 Å². The van der Waals surface area contributed by atoms with Crippen molar-refractivity contribution < 1.29 is 9.53 Å². The Bertz CT molecular complexity index is 856. The lowest BCUT2D eigenvalue weighted by Crippen LogP contribution is -2.51. The van der Waals surface area contributed by atoms with Crippen LogP contribution in [-0.2, 0) is 11.8 Å². The van der Waals surface area contributed by atoms with Gasteiger partial charge >= 0.3 is 6.09 Å². The number of tetrazole rings is 1. The zero-order chi connectivity index (χ0) is 20.3. The fraction of sp³-hybridized carbons (Fsp3) is 0.526. The van der Waals surface area contributed by atoms with Crippen molar-refractivity contribution in [1.82, 2.24) is 30.0 Å². The van der Waals surface area contributed by atoms with Gasteiger partial charge in [-0.1, -0.05) is 24.3 Å². The van der Waals surface area contributed by atoms with E-state index in [1.54, 1.807) is 24.1 Å². The number of carbonyl (C=O) groups is 1. The minimum atomic E-state index is -0.509. The molecule has 28 heavy (non-hydrogen) atoms. The summed E-state index contributed by atoms with van der Waals surface area (Å²) in [5, 5.41) is 12.6. The Hall–Kier alpha value is -2.99. The third-order valence-corrected chi connectivity index (χ3v) is 4.44. The second-order valence-electron chi connectivity index (χ2n) is 7.75. The minimum absolute atomic E-state index is 0.186. The van der Waals surface area contributed by atoms with Crippen molar-refractivity contribution in [2.75, 3.05) is 26.2 Å². The van der Waals surface area contributed by atoms with Crippen LogP contribution in [0.5, 0.6) is 0 Å². The normalized spacial score (nSPS) is 16.5. The molecule has 1 aromatic carbocycles. The van der Waals surface area contributed by atoms with Crippen LogP contribution >= 0.6 is 0 Å². The van der Waals surface area contributed by atoms with E-state index in [1.807, 2.05) is 32.9 Å². The van der Waals surface area contributed by atoms with Gasteiger partial charge in [-0.15, -0.1) is 10.2 Å². The summed E-state index contributed by atoms with van der Waals surface area (Å²) in [7, 11) is 1.73. The maximum absolute atomic E-state index is 12.3. The van der Waals surface area contributed by atoms with E-state index in [9.17, 15) is 4.79 Å². The van der Waals surface area contributed by atoms with Crippen molar-refractivity contribution in [1.29, 1.82) is 0 Å². The fourth-order valence-electron chi connectivity index (χ4n) is 3.15. The summed E-state index contributed by atoms with van der Waals surface area (Å²) < 4.78 is 5.47. The standard InChI is InChI=1S/C19H25N7O2/c1-19(2,3)28-18(27)26-12-10-25(11-13-26)16(17-21-23-24(5)22-17)14-6-8-15(20-4)9-7-14/h6-9,16H,10-13H2,1-3,5H3. The van der Waals surface area contributed by atoms with E-state index < -0.39 is 5.60 Å². The third-order valence-electron chi connectivity index (χ3n) is 4.44. The molecule has 1 aromatic heterocycles. The molecule has 1 aliphatic heterocycles. The number of aryl methyl sites for hydroxylation is 1. The summed E-state index contributed by atoms with van der Waals surface area (Å²) in [6, 6.07) is 7.25. The van der Waals surface area contributed by atoms with Gasteiger partial charge in [0.25, 0.3) is 0 Å². The predicted octanol–water partition coefficient (Wildman–Crippen LogP) is 2.40. The number of hydrogen-bond acceptors (Lipinski definition) is 6. The Labute approximate surface area is 164 Å². The van der Waals surface area contributed by atoms with Crippen LogP contribution in [0.4, 0.5) is 10.5 Å². The lowest BCUT2D eigenvalue weighted by molar-refractivity contribution is 0.0116. The molecule has 1 saturated heterocycles. The van der Waals surface area contributed by atoms with Crippen molar-refractivity contribution in [3.8, 4) is 0 Å². The summed E-state index contributed by atoms with van der Waals surface area (Å²) in [5.74, 6) is 0.601. The number of hydrogen-bond donors (Lipinski definition) is 0. The monoisotopic (exact) mass is 383 g/mol. The number of benzene rings is 1. The van der Waals surface area contributed by atoms with E-state index in [2.05, 4.69) is 25.2 Å². The molecule has 2 heterocycles. The fourth-order valence-corrected chi connectivity index (χ4v) is 3.15. The minimum Gasteiger partial charge on any atom is -0.444 e. The first-order valence-corrected chi connectivity index (χ1v) is 9.20. The van der Waals surface area contributed by atoms with Crippen molar-refractivity contribution in [3.05, 3.63) is 47.1 Å². The summed E-state index contributed by atoms with van der Waals surface area (Å²) >= 11 is 0. The van der Waals surface area contributed by atoms with Crippen molar-refractivity contribution in [2.45, 2.75) is 32.4 Å². The smallest absolute Gasteiger partial charge is 0.410 e. The zero-order valence-electron chi connectivity index (χ0n) is 16.7. The number of ether oxygens (including phenoxy) is 1. The van der Waals surface area contributed by atoms with E-state index in [0.717, 1.165) is 5.56 Å². The van der Waals surface area contributed by atoms with Crippen molar-refractivity contribution in [3.63, 3.8) is 0 Å². The first kappa shape index (κ1) is 19.8. The molecule has 3 rings (SSSR count). The highest BCUT2D eigenvalue weighted by Gasteiger charge is 2.32. The maximum atomic E-state index is 12.3. The van der Waals surface area contributed by atoms with Crippen LogP contribution in [-0.4, -0.2) is 67.9 Å². The highest BCUT2D eigenvalue weighted by atomic mass is 16.6. The van der Waals surface area contributed by atoms with Gasteiger partial charge in [-0.2, -0.15) is 4.80 Å². The second-order valence-corrected chi connectivity index (χ2v) is 7.75. The maximum Gasteiger partial charge on any atom is 0.410 e. The van der Waals surface area contributed by atoms with Gasteiger partial charge in [0.15, 0.2) is 11.5 Å². The van der Waals surface area contributed by atoms with Crippen LogP contribution in [0.3, 0.4) is 0 Å². The average Bonchev–Trinajstić information content (AvgIpc) is 3.07. The summed E-state index contributed by atoms with van der Waals surface area (Å²) in [5.41, 5.74) is 1.07. The molecule has 2 aromatic rings. The van der Waals surface area contributed by atoms with Crippen LogP contribution in [0.1, 0.15) is 38.2 Å². The number of amides is 1. The van der Waals surface area contributed by atoms with E-state index in [0.29, 0.717) is 37.7 Å². The number of aromatic nitrogens is 4. The van der Waals surface area contributed by atoms with E-state index in [-0.39, 0.29) is 12.1 Å². The molecule has 1 amide bonds. The first-order chi connectivity index (χ1) is 13.3. The topological polar surface area (TPSA) is 80.7 Å². The van der Waals surface area contributed by atoms with E-state index in [1.165, 1.54) is 4.80 Å². The largest absolute Gasteiger partial charge is 0.444 e. The number of piperazine rings is 1. The molecule has 1 unspecified atom stereocenters. The number of carbonyl (C=O) groups excluding carboxylic acids is 1. The molecule has 1 fully saturated rings. The molecule has 148 valence electrons. The molecule has 0 spiro atoms. The Morgan fingerprint density at radius 1 is 1.18 bits per heavy atom. The summed E-state index contributed by atoms with van der Waals surface area (Å²) in [4.78, 5) is 21.2. The Kier molecular flexibility index (Phi) is 5.61. The van der Waals surface area contributed by atoms with Gasteiger partial charge in [0, 0.05) is 26.2 Å². The molecule has 0 aliphatic carbocycles. The molecule has 0 radical (unpaired) electrons. The quantitative estimate of drug-likeness (QED) is 0.757. The Balaban J connectivity index is 1.77. The van der Waals surface area contributed by atoms with Crippen LogP contribution in [0.2, 0.25) is 0 Å². The van der Waals surface area contributed by atoms with Gasteiger partial charge < -0.3 is 9.64 Å². The predicted molar refractivity (Wildman–Crippen MR) is 103 cm³/mol. The summed E-state index contributed by atoms with van der Waals surface area (Å²) in [6.45, 7) is 15.2. The SMILES string of the molecule is [C-]#[N+]c1ccc(C(c2nnn(C)n2)N2CCN(C(=O)OC(C)(C)C)CC2)cc1. The number of nitrogens with zero attached hydrogens (tertiary/aromatic N) is 7. The Morgan fingerprint density at radius 3 is 2.32 bits per heavy atom. The van der Waals surface area contributed by atoms with Gasteiger partial charge in [0.2, 0.25) is 0 Å². The van der Waals surface area contributed by atoms with Gasteiger partial charge in [-0.05, 0) is 31.5 Å². The van der Waals surface area contributed by atoms with Crippen molar-refractivity contribution in [2.24, 2.45) is 7.05 Å². The summed E-state index contributed by atoms with van der Waals surface area (Å²) in [6.07, 6.45) is -0.289. The van der Waals surface area contributed by atoms with Gasteiger partial charge in [-0.25, -0.2) is 9.64 Å². The lowest BCUT2D eigenvalue weighted by atomic mass is 10.0. The molecule has 0 N–H and O–H groups in total. The molecule has 0 bridgehead atoms. The van der Waals surface area contributed by atoms with Gasteiger partial charge in [-0.3, -0.25) is 4.90 Å². The van der Waals surface area contributed by atoms with Crippen molar-refractivity contribution >= 4 is 11.8 Å². The zero-order valence-corrected chi connectivity index (χ0v) is 16.7. The first-order valence-electron chi connectivity index (χ1n) is 9.20. The molecule has 9 heteroatoms. The lowest BCUT2D eigenvalue weighted by Gasteiger charge is -2.38. The number of rotatable bonds is 3. The molecule has 1 atom stereocenters. The van der Waals surface area contributed by atoms with Crippen LogP contribution in [0, 0.1) is 6.57 Å². The highest BCUT2D eigenvalue weighted by Crippen LogP contribution is 2.28. The molecule has 0 saturated carbocycles.